The van der Waals surface area contributed by atoms with E-state index in [0.717, 1.165) is 22.6 Å². The fourth-order valence-electron chi connectivity index (χ4n) is 3.70. The minimum Gasteiger partial charge on any atom is -0.324 e. The summed E-state index contributed by atoms with van der Waals surface area (Å²) in [4.78, 5) is 16.5. The van der Waals surface area contributed by atoms with E-state index in [4.69, 9.17) is 10.7 Å². The van der Waals surface area contributed by atoms with Crippen molar-refractivity contribution in [2.75, 3.05) is 0 Å². The van der Waals surface area contributed by atoms with Gasteiger partial charge in [-0.3, -0.25) is 0 Å². The van der Waals surface area contributed by atoms with E-state index < -0.39 is 0 Å². The minimum absolute atomic E-state index is 0.257. The largest absolute Gasteiger partial charge is 0.324 e. The number of benzene rings is 4. The van der Waals surface area contributed by atoms with Crippen LogP contribution in [0.3, 0.4) is 0 Å². The molecule has 5 rings (SSSR count). The first-order chi connectivity index (χ1) is 17.8. The van der Waals surface area contributed by atoms with Gasteiger partial charge >= 0.3 is 0 Å². The predicted molar refractivity (Wildman–Crippen MR) is 151 cm³/mol. The molecule has 0 unspecified atom stereocenters. The Morgan fingerprint density at radius 3 is 1.44 bits per heavy atom. The second-order valence-corrected chi connectivity index (χ2v) is 10.3. The van der Waals surface area contributed by atoms with Crippen molar-refractivity contribution >= 4 is 23.5 Å². The molecule has 0 bridgehead atoms. The lowest BCUT2D eigenvalue weighted by atomic mass is 10.2. The van der Waals surface area contributed by atoms with Gasteiger partial charge in [0.2, 0.25) is 0 Å². The Morgan fingerprint density at radius 2 is 1.00 bits per heavy atom. The molecule has 0 radical (unpaired) electrons. The zero-order valence-electron chi connectivity index (χ0n) is 19.7. The normalized spacial score (nSPS) is 10.9. The van der Waals surface area contributed by atoms with Crippen LogP contribution in [0.25, 0.3) is 22.8 Å². The SMILES string of the molecule is NCc1nc(-c2cccc(SCc3ccccc3)c2)nc(-c2cccc(SCc3ccccc3)c2)n1. The third kappa shape index (κ3) is 6.40. The lowest BCUT2D eigenvalue weighted by Crippen LogP contribution is -2.07. The molecule has 5 aromatic rings. The molecule has 4 aromatic carbocycles. The predicted octanol–water partition coefficient (Wildman–Crippen LogP) is 7.25. The van der Waals surface area contributed by atoms with Crippen LogP contribution in [0, 0.1) is 0 Å². The summed E-state index contributed by atoms with van der Waals surface area (Å²) in [7, 11) is 0. The lowest BCUT2D eigenvalue weighted by molar-refractivity contribution is 0.885. The molecule has 36 heavy (non-hydrogen) atoms. The van der Waals surface area contributed by atoms with E-state index in [-0.39, 0.29) is 6.54 Å². The topological polar surface area (TPSA) is 64.7 Å². The molecule has 0 aliphatic rings. The zero-order valence-corrected chi connectivity index (χ0v) is 21.4. The van der Waals surface area contributed by atoms with Crippen LogP contribution in [0.1, 0.15) is 17.0 Å². The molecule has 0 atom stereocenters. The molecule has 0 saturated heterocycles. The van der Waals surface area contributed by atoms with Gasteiger partial charge in [0, 0.05) is 32.4 Å². The third-order valence-electron chi connectivity index (χ3n) is 5.55. The van der Waals surface area contributed by atoms with Crippen LogP contribution in [0.5, 0.6) is 0 Å². The standard InChI is InChI=1S/C30H26N4S2/c31-19-28-32-29(24-13-7-15-26(17-24)35-20-22-9-3-1-4-10-22)34-30(33-28)25-14-8-16-27(18-25)36-21-23-11-5-2-6-12-23/h1-18H,19-21,31H2. The van der Waals surface area contributed by atoms with Gasteiger partial charge in [-0.25, -0.2) is 15.0 Å². The van der Waals surface area contributed by atoms with Crippen LogP contribution >= 0.6 is 23.5 Å². The fraction of sp³-hybridized carbons (Fsp3) is 0.100. The maximum atomic E-state index is 5.97. The number of nitrogens with two attached hydrogens (primary N) is 1. The average molecular weight is 507 g/mol. The Hall–Kier alpha value is -3.45. The molecule has 0 amide bonds. The van der Waals surface area contributed by atoms with Crippen molar-refractivity contribution in [1.82, 2.24) is 15.0 Å². The van der Waals surface area contributed by atoms with Gasteiger partial charge in [0.1, 0.15) is 5.82 Å². The number of aromatic nitrogens is 3. The van der Waals surface area contributed by atoms with E-state index in [1.807, 2.05) is 24.3 Å². The Morgan fingerprint density at radius 1 is 0.528 bits per heavy atom. The average Bonchev–Trinajstić information content (AvgIpc) is 2.96. The number of hydrogen-bond acceptors (Lipinski definition) is 6. The number of hydrogen-bond donors (Lipinski definition) is 1. The molecule has 0 spiro atoms. The summed E-state index contributed by atoms with van der Waals surface area (Å²) in [5.74, 6) is 3.69. The fourth-order valence-corrected chi connectivity index (χ4v) is 5.52. The molecule has 0 saturated carbocycles. The van der Waals surface area contributed by atoms with Gasteiger partial charge in [0.25, 0.3) is 0 Å². The molecule has 1 aromatic heterocycles. The van der Waals surface area contributed by atoms with Gasteiger partial charge in [-0.2, -0.15) is 0 Å². The summed E-state index contributed by atoms with van der Waals surface area (Å²) in [6, 6.07) is 37.7. The summed E-state index contributed by atoms with van der Waals surface area (Å²) in [6.07, 6.45) is 0. The number of rotatable bonds is 9. The highest BCUT2D eigenvalue weighted by molar-refractivity contribution is 7.98. The highest BCUT2D eigenvalue weighted by Crippen LogP contribution is 2.29. The van der Waals surface area contributed by atoms with Gasteiger partial charge in [-0.15, -0.1) is 23.5 Å². The van der Waals surface area contributed by atoms with Crippen molar-refractivity contribution in [3.8, 4) is 22.8 Å². The second-order valence-electron chi connectivity index (χ2n) is 8.21. The van der Waals surface area contributed by atoms with Gasteiger partial charge in [0.05, 0.1) is 6.54 Å². The van der Waals surface area contributed by atoms with Crippen LogP contribution in [-0.2, 0) is 18.1 Å². The first-order valence-corrected chi connectivity index (χ1v) is 13.7. The molecule has 6 heteroatoms. The van der Waals surface area contributed by atoms with E-state index in [2.05, 4.69) is 94.9 Å². The number of nitrogens with zero attached hydrogens (tertiary/aromatic N) is 3. The zero-order chi connectivity index (χ0) is 24.6. The molecule has 4 nitrogen and oxygen atoms in total. The highest BCUT2D eigenvalue weighted by atomic mass is 32.2. The molecule has 0 aliphatic heterocycles. The highest BCUT2D eigenvalue weighted by Gasteiger charge is 2.11. The number of thioether (sulfide) groups is 2. The summed E-state index contributed by atoms with van der Waals surface area (Å²) >= 11 is 3.60. The smallest absolute Gasteiger partial charge is 0.163 e. The van der Waals surface area contributed by atoms with Crippen LogP contribution in [0.4, 0.5) is 0 Å². The van der Waals surface area contributed by atoms with E-state index in [1.54, 1.807) is 23.5 Å². The monoisotopic (exact) mass is 506 g/mol. The van der Waals surface area contributed by atoms with Crippen molar-refractivity contribution in [3.05, 3.63) is 126 Å². The Balaban J connectivity index is 1.38. The quantitative estimate of drug-likeness (QED) is 0.212. The Kier molecular flexibility index (Phi) is 8.08. The first-order valence-electron chi connectivity index (χ1n) is 11.8. The maximum absolute atomic E-state index is 5.97. The minimum atomic E-state index is 0.257. The van der Waals surface area contributed by atoms with E-state index in [0.29, 0.717) is 17.5 Å². The molecule has 2 N–H and O–H groups in total. The molecular weight excluding hydrogens is 480 g/mol. The van der Waals surface area contributed by atoms with E-state index >= 15 is 0 Å². The molecule has 1 heterocycles. The van der Waals surface area contributed by atoms with Crippen LogP contribution in [-0.4, -0.2) is 15.0 Å². The Labute approximate surface area is 220 Å². The molecule has 0 fully saturated rings. The summed E-state index contributed by atoms with van der Waals surface area (Å²) in [6.45, 7) is 0.257. The van der Waals surface area contributed by atoms with Crippen molar-refractivity contribution in [2.45, 2.75) is 27.8 Å². The van der Waals surface area contributed by atoms with Gasteiger partial charge in [0.15, 0.2) is 11.6 Å². The summed E-state index contributed by atoms with van der Waals surface area (Å²) in [5, 5.41) is 0. The van der Waals surface area contributed by atoms with Gasteiger partial charge in [-0.1, -0.05) is 84.9 Å². The third-order valence-corrected chi connectivity index (χ3v) is 7.68. The van der Waals surface area contributed by atoms with Crippen molar-refractivity contribution in [2.24, 2.45) is 5.73 Å². The molecule has 178 valence electrons. The maximum Gasteiger partial charge on any atom is 0.163 e. The van der Waals surface area contributed by atoms with Crippen molar-refractivity contribution < 1.29 is 0 Å². The molecular formula is C30H26N4S2. The van der Waals surface area contributed by atoms with E-state index in [1.165, 1.54) is 20.9 Å². The Bertz CT molecular complexity index is 1320. The van der Waals surface area contributed by atoms with Crippen LogP contribution in [0.15, 0.2) is 119 Å². The van der Waals surface area contributed by atoms with Crippen molar-refractivity contribution in [3.63, 3.8) is 0 Å². The summed E-state index contributed by atoms with van der Waals surface area (Å²) in [5.41, 5.74) is 10.5. The van der Waals surface area contributed by atoms with Gasteiger partial charge in [-0.05, 0) is 35.4 Å². The first kappa shape index (κ1) is 24.3. The summed E-state index contributed by atoms with van der Waals surface area (Å²) < 4.78 is 0. The molecule has 0 aliphatic carbocycles. The van der Waals surface area contributed by atoms with Gasteiger partial charge < -0.3 is 5.73 Å². The van der Waals surface area contributed by atoms with E-state index in [9.17, 15) is 0 Å². The van der Waals surface area contributed by atoms with Crippen molar-refractivity contribution in [1.29, 1.82) is 0 Å². The van der Waals surface area contributed by atoms with Crippen LogP contribution < -0.4 is 5.73 Å². The second kappa shape index (κ2) is 12.0. The lowest BCUT2D eigenvalue weighted by Gasteiger charge is -2.09. The van der Waals surface area contributed by atoms with Crippen LogP contribution in [0.2, 0.25) is 0 Å².